The van der Waals surface area contributed by atoms with Gasteiger partial charge in [-0.2, -0.15) is 0 Å². The zero-order chi connectivity index (χ0) is 14.6. The number of urea groups is 1. The molecule has 1 aliphatic rings. The van der Waals surface area contributed by atoms with Crippen LogP contribution in [0.2, 0.25) is 0 Å². The summed E-state index contributed by atoms with van der Waals surface area (Å²) >= 11 is 0. The Hall–Kier alpha value is -1.30. The normalized spacial score (nSPS) is 24.4. The summed E-state index contributed by atoms with van der Waals surface area (Å²) in [5.41, 5.74) is 0. The van der Waals surface area contributed by atoms with E-state index in [2.05, 4.69) is 10.2 Å². The molecule has 0 aromatic rings. The molecule has 0 bridgehead atoms. The molecule has 6 nitrogen and oxygen atoms in total. The Labute approximate surface area is 114 Å². The number of carboxylic acids is 1. The molecule has 0 aromatic carbocycles. The first-order valence-corrected chi connectivity index (χ1v) is 6.81. The predicted molar refractivity (Wildman–Crippen MR) is 73.1 cm³/mol. The summed E-state index contributed by atoms with van der Waals surface area (Å²) < 4.78 is 0. The van der Waals surface area contributed by atoms with Crippen LogP contribution in [0.5, 0.6) is 0 Å². The van der Waals surface area contributed by atoms with Gasteiger partial charge in [0.15, 0.2) is 0 Å². The van der Waals surface area contributed by atoms with Gasteiger partial charge in [0.1, 0.15) is 0 Å². The van der Waals surface area contributed by atoms with Gasteiger partial charge < -0.3 is 20.2 Å². The number of aliphatic carboxylic acids is 1. The van der Waals surface area contributed by atoms with Gasteiger partial charge in [0.25, 0.3) is 0 Å². The van der Waals surface area contributed by atoms with Gasteiger partial charge in [-0.1, -0.05) is 0 Å². The Kier molecular flexibility index (Phi) is 5.60. The zero-order valence-electron chi connectivity index (χ0n) is 12.2. The molecular weight excluding hydrogens is 246 g/mol. The van der Waals surface area contributed by atoms with Gasteiger partial charge in [-0.05, 0) is 40.8 Å². The van der Waals surface area contributed by atoms with Crippen molar-refractivity contribution in [3.05, 3.63) is 0 Å². The molecule has 1 saturated heterocycles. The highest BCUT2D eigenvalue weighted by molar-refractivity contribution is 5.77. The quantitative estimate of drug-likeness (QED) is 0.797. The third kappa shape index (κ3) is 4.38. The minimum Gasteiger partial charge on any atom is -0.481 e. The lowest BCUT2D eigenvalue weighted by atomic mass is 10.0. The van der Waals surface area contributed by atoms with Gasteiger partial charge in [-0.3, -0.25) is 4.79 Å². The molecule has 0 saturated carbocycles. The number of carbonyl (C=O) groups excluding carboxylic acids is 1. The van der Waals surface area contributed by atoms with Crippen LogP contribution in [0.3, 0.4) is 0 Å². The maximum Gasteiger partial charge on any atom is 0.317 e. The Bertz CT molecular complexity index is 335. The maximum atomic E-state index is 12.2. The molecular formula is C13H25N3O3. The van der Waals surface area contributed by atoms with E-state index < -0.39 is 11.9 Å². The minimum atomic E-state index is -0.892. The van der Waals surface area contributed by atoms with Crippen LogP contribution in [0.1, 0.15) is 27.2 Å². The van der Waals surface area contributed by atoms with E-state index in [1.807, 2.05) is 14.0 Å². The van der Waals surface area contributed by atoms with E-state index in [0.717, 1.165) is 19.5 Å². The Morgan fingerprint density at radius 1 is 1.32 bits per heavy atom. The highest BCUT2D eigenvalue weighted by atomic mass is 16.4. The van der Waals surface area contributed by atoms with Gasteiger partial charge in [0.05, 0.1) is 5.92 Å². The fraction of sp³-hybridized carbons (Fsp3) is 0.846. The average molecular weight is 271 g/mol. The molecule has 1 aliphatic heterocycles. The van der Waals surface area contributed by atoms with Crippen LogP contribution < -0.4 is 5.32 Å². The molecule has 6 heteroatoms. The molecule has 1 heterocycles. The third-order valence-electron chi connectivity index (χ3n) is 3.80. The number of nitrogens with zero attached hydrogens (tertiary/aromatic N) is 2. The summed E-state index contributed by atoms with van der Waals surface area (Å²) in [5.74, 6) is -1.48. The molecule has 0 aromatic heterocycles. The Morgan fingerprint density at radius 3 is 2.53 bits per heavy atom. The van der Waals surface area contributed by atoms with Crippen molar-refractivity contribution in [2.24, 2.45) is 5.92 Å². The molecule has 0 spiro atoms. The molecule has 1 fully saturated rings. The fourth-order valence-electron chi connectivity index (χ4n) is 2.29. The summed E-state index contributed by atoms with van der Waals surface area (Å²) in [6.45, 7) is 7.89. The van der Waals surface area contributed by atoms with Gasteiger partial charge in [0.2, 0.25) is 0 Å². The van der Waals surface area contributed by atoms with Gasteiger partial charge in [-0.25, -0.2) is 4.79 Å². The lowest BCUT2D eigenvalue weighted by Crippen LogP contribution is -2.51. The average Bonchev–Trinajstić information content (AvgIpc) is 2.48. The fourth-order valence-corrected chi connectivity index (χ4v) is 2.29. The lowest BCUT2D eigenvalue weighted by Gasteiger charge is -2.30. The second-order valence-electron chi connectivity index (χ2n) is 5.52. The standard InChI is InChI=1S/C13H25N3O3/c1-9-8-15(4)6-5-7-16(9)13(19)14-11(3)10(2)12(17)18/h9-11H,5-8H2,1-4H3,(H,14,19)(H,17,18). The minimum absolute atomic E-state index is 0.139. The van der Waals surface area contributed by atoms with Crippen molar-refractivity contribution in [2.75, 3.05) is 26.7 Å². The Balaban J connectivity index is 2.59. The number of hydrogen-bond acceptors (Lipinski definition) is 3. The van der Waals surface area contributed by atoms with Crippen LogP contribution in [-0.4, -0.2) is 65.7 Å². The van der Waals surface area contributed by atoms with Crippen LogP contribution in [0, 0.1) is 5.92 Å². The van der Waals surface area contributed by atoms with Crippen molar-refractivity contribution < 1.29 is 14.7 Å². The van der Waals surface area contributed by atoms with E-state index >= 15 is 0 Å². The summed E-state index contributed by atoms with van der Waals surface area (Å²) in [6.07, 6.45) is 0.942. The summed E-state index contributed by atoms with van der Waals surface area (Å²) in [7, 11) is 2.05. The highest BCUT2D eigenvalue weighted by Crippen LogP contribution is 2.10. The van der Waals surface area contributed by atoms with Crippen molar-refractivity contribution in [1.82, 2.24) is 15.1 Å². The van der Waals surface area contributed by atoms with Gasteiger partial charge in [0, 0.05) is 25.2 Å². The van der Waals surface area contributed by atoms with E-state index in [1.165, 1.54) is 0 Å². The SMILES string of the molecule is CC(NC(=O)N1CCCN(C)CC1C)C(C)C(=O)O. The molecule has 2 amide bonds. The molecule has 1 rings (SSSR count). The number of carboxylic acid groups (broad SMARTS) is 1. The van der Waals surface area contributed by atoms with Gasteiger partial charge >= 0.3 is 12.0 Å². The van der Waals surface area contributed by atoms with Crippen molar-refractivity contribution in [3.8, 4) is 0 Å². The molecule has 19 heavy (non-hydrogen) atoms. The van der Waals surface area contributed by atoms with Gasteiger partial charge in [-0.15, -0.1) is 0 Å². The van der Waals surface area contributed by atoms with Crippen molar-refractivity contribution >= 4 is 12.0 Å². The second kappa shape index (κ2) is 6.75. The first kappa shape index (κ1) is 15.8. The first-order valence-electron chi connectivity index (χ1n) is 6.81. The van der Waals surface area contributed by atoms with E-state index in [0.29, 0.717) is 6.54 Å². The smallest absolute Gasteiger partial charge is 0.317 e. The van der Waals surface area contributed by atoms with Crippen LogP contribution >= 0.6 is 0 Å². The lowest BCUT2D eigenvalue weighted by molar-refractivity contribution is -0.141. The molecule has 0 radical (unpaired) electrons. The monoisotopic (exact) mass is 271 g/mol. The van der Waals surface area contributed by atoms with E-state index in [4.69, 9.17) is 5.11 Å². The number of hydrogen-bond donors (Lipinski definition) is 2. The number of carbonyl (C=O) groups is 2. The first-order chi connectivity index (χ1) is 8.82. The zero-order valence-corrected chi connectivity index (χ0v) is 12.2. The molecule has 3 unspecified atom stereocenters. The summed E-state index contributed by atoms with van der Waals surface area (Å²) in [6, 6.07) is -0.401. The molecule has 110 valence electrons. The van der Waals surface area contributed by atoms with Crippen LogP contribution in [0.4, 0.5) is 4.79 Å². The van der Waals surface area contributed by atoms with Crippen LogP contribution in [0.15, 0.2) is 0 Å². The van der Waals surface area contributed by atoms with Crippen LogP contribution in [-0.2, 0) is 4.79 Å². The van der Waals surface area contributed by atoms with E-state index in [-0.39, 0.29) is 18.1 Å². The highest BCUT2D eigenvalue weighted by Gasteiger charge is 2.27. The summed E-state index contributed by atoms with van der Waals surface area (Å²) in [5, 5.41) is 11.7. The molecule has 0 aliphatic carbocycles. The Morgan fingerprint density at radius 2 is 1.95 bits per heavy atom. The summed E-state index contributed by atoms with van der Waals surface area (Å²) in [4.78, 5) is 27.1. The second-order valence-corrected chi connectivity index (χ2v) is 5.52. The third-order valence-corrected chi connectivity index (χ3v) is 3.80. The maximum absolute atomic E-state index is 12.2. The van der Waals surface area contributed by atoms with E-state index in [1.54, 1.807) is 18.7 Å². The number of likely N-dealkylation sites (N-methyl/N-ethyl adjacent to an activating group) is 1. The number of rotatable bonds is 3. The topological polar surface area (TPSA) is 72.9 Å². The molecule has 2 N–H and O–H groups in total. The van der Waals surface area contributed by atoms with Crippen molar-refractivity contribution in [3.63, 3.8) is 0 Å². The number of nitrogens with one attached hydrogen (secondary N) is 1. The number of amides is 2. The van der Waals surface area contributed by atoms with Crippen molar-refractivity contribution in [1.29, 1.82) is 0 Å². The van der Waals surface area contributed by atoms with Crippen LogP contribution in [0.25, 0.3) is 0 Å². The van der Waals surface area contributed by atoms with Crippen molar-refractivity contribution in [2.45, 2.75) is 39.3 Å². The molecule has 3 atom stereocenters. The largest absolute Gasteiger partial charge is 0.481 e. The predicted octanol–water partition coefficient (Wildman–Crippen LogP) is 0.831. The van der Waals surface area contributed by atoms with E-state index in [9.17, 15) is 9.59 Å².